The molecule has 1 aromatic heterocycles. The number of nitrogens with one attached hydrogen (secondary N) is 1. The molecule has 0 spiro atoms. The number of dihydropyridines is 1. The van der Waals surface area contributed by atoms with Gasteiger partial charge in [-0.3, -0.25) is 0 Å². The normalized spacial score (nSPS) is 13.8. The van der Waals surface area contributed by atoms with Crippen molar-refractivity contribution in [3.8, 4) is 22.4 Å². The van der Waals surface area contributed by atoms with E-state index in [2.05, 4.69) is 26.1 Å². The van der Waals surface area contributed by atoms with E-state index in [9.17, 15) is 9.50 Å². The number of aromatic nitrogens is 1. The highest BCUT2D eigenvalue weighted by atomic mass is 35.5. The van der Waals surface area contributed by atoms with E-state index in [4.69, 9.17) is 11.6 Å². The van der Waals surface area contributed by atoms with E-state index in [1.54, 1.807) is 12.1 Å². The Labute approximate surface area is 201 Å². The summed E-state index contributed by atoms with van der Waals surface area (Å²) in [5.41, 5.74) is 5.09. The molecule has 0 aliphatic carbocycles. The number of aliphatic hydroxyl groups excluding tert-OH is 1. The van der Waals surface area contributed by atoms with Crippen molar-refractivity contribution in [2.45, 2.75) is 33.3 Å². The third kappa shape index (κ3) is 6.16. The van der Waals surface area contributed by atoms with E-state index < -0.39 is 6.10 Å². The highest BCUT2D eigenvalue weighted by molar-refractivity contribution is 6.30. The fraction of sp³-hybridized carbons (Fsp3) is 0.286. The van der Waals surface area contributed by atoms with Crippen LogP contribution in [-0.2, 0) is 7.05 Å². The molecule has 2 aromatic carbocycles. The predicted octanol–water partition coefficient (Wildman–Crippen LogP) is 7.28. The molecule has 1 atom stereocenters. The van der Waals surface area contributed by atoms with Gasteiger partial charge in [0.2, 0.25) is 0 Å². The zero-order chi connectivity index (χ0) is 24.0. The highest BCUT2D eigenvalue weighted by Gasteiger charge is 2.25. The van der Waals surface area contributed by atoms with E-state index in [0.717, 1.165) is 46.0 Å². The van der Waals surface area contributed by atoms with Crippen LogP contribution in [0.15, 0.2) is 78.7 Å². The van der Waals surface area contributed by atoms with Crippen molar-refractivity contribution in [1.29, 1.82) is 0 Å². The van der Waals surface area contributed by atoms with Gasteiger partial charge in [-0.25, -0.2) is 4.39 Å². The van der Waals surface area contributed by atoms with Crippen molar-refractivity contribution >= 4 is 11.6 Å². The second-order valence-electron chi connectivity index (χ2n) is 8.59. The average Bonchev–Trinajstić information content (AvgIpc) is 3.17. The molecule has 33 heavy (non-hydrogen) atoms. The minimum absolute atomic E-state index is 0.292. The third-order valence-corrected chi connectivity index (χ3v) is 5.97. The molecule has 3 aromatic rings. The maximum absolute atomic E-state index is 13.5. The van der Waals surface area contributed by atoms with Crippen LogP contribution in [0.4, 0.5) is 4.39 Å². The second kappa shape index (κ2) is 11.4. The fourth-order valence-corrected chi connectivity index (χ4v) is 3.70. The Morgan fingerprint density at radius 3 is 2.21 bits per heavy atom. The summed E-state index contributed by atoms with van der Waals surface area (Å²) in [6, 6.07) is 13.9. The molecule has 0 bridgehead atoms. The Balaban J connectivity index is 0.000000555. The van der Waals surface area contributed by atoms with Gasteiger partial charge in [-0.2, -0.15) is 0 Å². The molecular weight excluding hydrogens is 435 g/mol. The van der Waals surface area contributed by atoms with Gasteiger partial charge in [-0.1, -0.05) is 63.1 Å². The first kappa shape index (κ1) is 24.8. The smallest absolute Gasteiger partial charge is 0.123 e. The zero-order valence-corrected chi connectivity index (χ0v) is 20.4. The molecule has 1 unspecified atom stereocenters. The molecule has 0 amide bonds. The van der Waals surface area contributed by atoms with E-state index in [1.807, 2.05) is 60.4 Å². The summed E-state index contributed by atoms with van der Waals surface area (Å²) in [7, 11) is 1.93. The summed E-state index contributed by atoms with van der Waals surface area (Å²) in [5, 5.41) is 15.1. The molecule has 0 fully saturated rings. The van der Waals surface area contributed by atoms with Gasteiger partial charge in [-0.15, -0.1) is 0 Å². The van der Waals surface area contributed by atoms with Crippen LogP contribution in [0.5, 0.6) is 0 Å². The SMILES string of the molecule is CCC(C)C.Cn1cc(-c2ccc(Cl)cc2)c(C(O)C2=CNCC=C2)c1-c1ccc(F)cc1. The first-order chi connectivity index (χ1) is 15.8. The Bertz CT molecular complexity index is 1110. The first-order valence-electron chi connectivity index (χ1n) is 11.3. The molecule has 3 nitrogen and oxygen atoms in total. The number of hydrogen-bond donors (Lipinski definition) is 2. The van der Waals surface area contributed by atoms with Crippen molar-refractivity contribution in [2.75, 3.05) is 6.54 Å². The van der Waals surface area contributed by atoms with Crippen LogP contribution in [0.2, 0.25) is 5.02 Å². The van der Waals surface area contributed by atoms with Crippen molar-refractivity contribution in [3.05, 3.63) is 95.1 Å². The quantitative estimate of drug-likeness (QED) is 0.414. The van der Waals surface area contributed by atoms with Gasteiger partial charge in [0, 0.05) is 47.7 Å². The lowest BCUT2D eigenvalue weighted by Gasteiger charge is -2.19. The van der Waals surface area contributed by atoms with Gasteiger partial charge in [-0.05, 0) is 53.4 Å². The summed E-state index contributed by atoms with van der Waals surface area (Å²) in [5.74, 6) is 0.593. The van der Waals surface area contributed by atoms with Crippen molar-refractivity contribution < 1.29 is 9.50 Å². The largest absolute Gasteiger partial charge is 0.387 e. The summed E-state index contributed by atoms with van der Waals surface area (Å²) < 4.78 is 15.4. The number of hydrogen-bond acceptors (Lipinski definition) is 2. The van der Waals surface area contributed by atoms with Crippen LogP contribution in [0, 0.1) is 11.7 Å². The molecule has 2 N–H and O–H groups in total. The second-order valence-corrected chi connectivity index (χ2v) is 9.03. The molecule has 0 saturated heterocycles. The lowest BCUT2D eigenvalue weighted by molar-refractivity contribution is 0.219. The lowest BCUT2D eigenvalue weighted by atomic mass is 9.92. The maximum Gasteiger partial charge on any atom is 0.123 e. The Morgan fingerprint density at radius 2 is 1.67 bits per heavy atom. The maximum atomic E-state index is 13.5. The molecule has 174 valence electrons. The number of nitrogens with zero attached hydrogens (tertiary/aromatic N) is 1. The summed E-state index contributed by atoms with van der Waals surface area (Å²) in [6.45, 7) is 7.38. The molecular formula is C28H32ClFN2O. The fourth-order valence-electron chi connectivity index (χ4n) is 3.57. The Kier molecular flexibility index (Phi) is 8.54. The molecule has 2 heterocycles. The summed E-state index contributed by atoms with van der Waals surface area (Å²) >= 11 is 6.05. The number of aliphatic hydroxyl groups is 1. The van der Waals surface area contributed by atoms with Gasteiger partial charge >= 0.3 is 0 Å². The first-order valence-corrected chi connectivity index (χ1v) is 11.7. The Hall–Kier alpha value is -2.82. The highest BCUT2D eigenvalue weighted by Crippen LogP contribution is 2.41. The third-order valence-electron chi connectivity index (χ3n) is 5.71. The molecule has 0 saturated carbocycles. The van der Waals surface area contributed by atoms with E-state index in [-0.39, 0.29) is 5.82 Å². The standard InChI is InChI=1S/C23H20ClFN2O.C5H12/c1-27-14-20(15-4-8-18(24)9-5-15)21(23(28)17-3-2-12-26-13-17)22(27)16-6-10-19(25)11-7-16;1-4-5(2)3/h2-11,13-14,23,26,28H,12H2,1H3;5H,4H2,1-3H3. The summed E-state index contributed by atoms with van der Waals surface area (Å²) in [4.78, 5) is 0. The molecule has 1 aliphatic rings. The predicted molar refractivity (Wildman–Crippen MR) is 137 cm³/mol. The van der Waals surface area contributed by atoms with Crippen LogP contribution in [0.3, 0.4) is 0 Å². The minimum Gasteiger partial charge on any atom is -0.387 e. The Morgan fingerprint density at radius 1 is 1.06 bits per heavy atom. The van der Waals surface area contributed by atoms with Crippen LogP contribution in [0.25, 0.3) is 22.4 Å². The van der Waals surface area contributed by atoms with Crippen molar-refractivity contribution in [2.24, 2.45) is 13.0 Å². The van der Waals surface area contributed by atoms with Crippen molar-refractivity contribution in [3.63, 3.8) is 0 Å². The van der Waals surface area contributed by atoms with Gasteiger partial charge in [0.1, 0.15) is 11.9 Å². The lowest BCUT2D eigenvalue weighted by Crippen LogP contribution is -2.13. The van der Waals surface area contributed by atoms with Gasteiger partial charge in [0.15, 0.2) is 0 Å². The van der Waals surface area contributed by atoms with Crippen molar-refractivity contribution in [1.82, 2.24) is 9.88 Å². The summed E-state index contributed by atoms with van der Waals surface area (Å²) in [6.07, 6.45) is 8.18. The molecule has 1 aliphatic heterocycles. The van der Waals surface area contributed by atoms with Gasteiger partial charge < -0.3 is 15.0 Å². The monoisotopic (exact) mass is 466 g/mol. The van der Waals surface area contributed by atoms with Crippen LogP contribution >= 0.6 is 11.6 Å². The van der Waals surface area contributed by atoms with Gasteiger partial charge in [0.25, 0.3) is 0 Å². The molecule has 4 rings (SSSR count). The van der Waals surface area contributed by atoms with Crippen LogP contribution < -0.4 is 5.32 Å². The molecule has 0 radical (unpaired) electrons. The molecule has 5 heteroatoms. The number of halogens is 2. The van der Waals surface area contributed by atoms with Crippen LogP contribution in [-0.4, -0.2) is 16.2 Å². The van der Waals surface area contributed by atoms with E-state index >= 15 is 0 Å². The average molecular weight is 467 g/mol. The number of aryl methyl sites for hydroxylation is 1. The minimum atomic E-state index is -0.837. The number of rotatable bonds is 5. The topological polar surface area (TPSA) is 37.2 Å². The van der Waals surface area contributed by atoms with E-state index in [1.165, 1.54) is 18.6 Å². The van der Waals surface area contributed by atoms with Crippen LogP contribution in [0.1, 0.15) is 38.9 Å². The number of benzene rings is 2. The van der Waals surface area contributed by atoms with Gasteiger partial charge in [0.05, 0.1) is 5.69 Å². The van der Waals surface area contributed by atoms with E-state index in [0.29, 0.717) is 5.02 Å². The zero-order valence-electron chi connectivity index (χ0n) is 19.6.